The molecule has 0 aromatic heterocycles. The Morgan fingerprint density at radius 2 is 1.37 bits per heavy atom. The van der Waals surface area contributed by atoms with E-state index in [9.17, 15) is 0 Å². The van der Waals surface area contributed by atoms with Gasteiger partial charge >= 0.3 is 0 Å². The Labute approximate surface area is 119 Å². The molecule has 19 heavy (non-hydrogen) atoms. The normalized spacial score (nSPS) is 17.8. The van der Waals surface area contributed by atoms with Gasteiger partial charge in [0, 0.05) is 19.8 Å². The van der Waals surface area contributed by atoms with Gasteiger partial charge in [0.05, 0.1) is 13.2 Å². The quantitative estimate of drug-likeness (QED) is 0.334. The molecule has 0 spiro atoms. The van der Waals surface area contributed by atoms with Gasteiger partial charge < -0.3 is 14.2 Å². The van der Waals surface area contributed by atoms with Crippen molar-refractivity contribution in [3.63, 3.8) is 0 Å². The molecule has 1 atom stereocenters. The first kappa shape index (κ1) is 16.9. The summed E-state index contributed by atoms with van der Waals surface area (Å²) < 4.78 is 16.1. The van der Waals surface area contributed by atoms with Crippen molar-refractivity contribution < 1.29 is 14.2 Å². The predicted octanol–water partition coefficient (Wildman–Crippen LogP) is 3.95. The molecule has 0 N–H and O–H groups in total. The van der Waals surface area contributed by atoms with Gasteiger partial charge in [-0.05, 0) is 12.8 Å². The average molecular weight is 272 g/mol. The van der Waals surface area contributed by atoms with Gasteiger partial charge in [0.1, 0.15) is 6.10 Å². The molecule has 3 nitrogen and oxygen atoms in total. The van der Waals surface area contributed by atoms with Crippen molar-refractivity contribution in [1.82, 2.24) is 0 Å². The lowest BCUT2D eigenvalue weighted by Crippen LogP contribution is -2.06. The number of hydrogen-bond acceptors (Lipinski definition) is 3. The summed E-state index contributed by atoms with van der Waals surface area (Å²) in [6, 6.07) is 0. The molecule has 1 aliphatic rings. The van der Waals surface area contributed by atoms with E-state index in [1.807, 2.05) is 0 Å². The average Bonchev–Trinajstić information content (AvgIpc) is 3.23. The molecule has 0 amide bonds. The minimum Gasteiger partial charge on any atom is -0.381 e. The van der Waals surface area contributed by atoms with Crippen LogP contribution in [0, 0.1) is 0 Å². The first-order chi connectivity index (χ1) is 9.43. The largest absolute Gasteiger partial charge is 0.381 e. The van der Waals surface area contributed by atoms with Crippen LogP contribution in [0.25, 0.3) is 0 Å². The standard InChI is InChI=1S/C16H32O3/c1-2-3-4-5-6-7-8-9-11-17-12-10-13-18-14-16-15-19-16/h16H,2-15H2,1H3. The van der Waals surface area contributed by atoms with E-state index in [0.29, 0.717) is 6.10 Å². The fourth-order valence-electron chi connectivity index (χ4n) is 2.08. The topological polar surface area (TPSA) is 31.0 Å². The van der Waals surface area contributed by atoms with Crippen LogP contribution in [0.15, 0.2) is 0 Å². The highest BCUT2D eigenvalue weighted by Crippen LogP contribution is 2.09. The van der Waals surface area contributed by atoms with Crippen LogP contribution in [0.1, 0.15) is 64.7 Å². The van der Waals surface area contributed by atoms with Gasteiger partial charge in [-0.25, -0.2) is 0 Å². The van der Waals surface area contributed by atoms with E-state index in [0.717, 1.165) is 39.5 Å². The SMILES string of the molecule is CCCCCCCCCCOCCCOCC1CO1. The summed E-state index contributed by atoms with van der Waals surface area (Å²) in [5.41, 5.74) is 0. The monoisotopic (exact) mass is 272 g/mol. The summed E-state index contributed by atoms with van der Waals surface area (Å²) in [5.74, 6) is 0. The first-order valence-electron chi connectivity index (χ1n) is 8.20. The third-order valence-electron chi connectivity index (χ3n) is 3.43. The highest BCUT2D eigenvalue weighted by atomic mass is 16.6. The number of ether oxygens (including phenoxy) is 3. The second kappa shape index (κ2) is 12.9. The molecule has 114 valence electrons. The van der Waals surface area contributed by atoms with Crippen molar-refractivity contribution in [3.05, 3.63) is 0 Å². The molecule has 1 rings (SSSR count). The Bertz CT molecular complexity index is 181. The number of unbranched alkanes of at least 4 members (excludes halogenated alkanes) is 7. The van der Waals surface area contributed by atoms with Crippen molar-refractivity contribution in [2.24, 2.45) is 0 Å². The van der Waals surface area contributed by atoms with Crippen molar-refractivity contribution >= 4 is 0 Å². The zero-order valence-electron chi connectivity index (χ0n) is 12.7. The zero-order valence-corrected chi connectivity index (χ0v) is 12.7. The van der Waals surface area contributed by atoms with Gasteiger partial charge in [-0.1, -0.05) is 51.9 Å². The van der Waals surface area contributed by atoms with E-state index in [-0.39, 0.29) is 0 Å². The summed E-state index contributed by atoms with van der Waals surface area (Å²) in [7, 11) is 0. The molecule has 0 saturated carbocycles. The highest BCUT2D eigenvalue weighted by Gasteiger charge is 2.21. The molecule has 0 radical (unpaired) electrons. The highest BCUT2D eigenvalue weighted by molar-refractivity contribution is 4.66. The third kappa shape index (κ3) is 12.6. The molecule has 1 fully saturated rings. The molecule has 0 aromatic rings. The van der Waals surface area contributed by atoms with Gasteiger partial charge in [0.2, 0.25) is 0 Å². The fraction of sp³-hybridized carbons (Fsp3) is 1.00. The molecule has 1 heterocycles. The van der Waals surface area contributed by atoms with Gasteiger partial charge in [0.25, 0.3) is 0 Å². The van der Waals surface area contributed by atoms with Crippen molar-refractivity contribution in [1.29, 1.82) is 0 Å². The smallest absolute Gasteiger partial charge is 0.104 e. The molecule has 0 bridgehead atoms. The number of epoxide rings is 1. The Morgan fingerprint density at radius 3 is 2.05 bits per heavy atom. The zero-order chi connectivity index (χ0) is 13.6. The second-order valence-electron chi connectivity index (χ2n) is 5.47. The maximum absolute atomic E-state index is 5.59. The summed E-state index contributed by atoms with van der Waals surface area (Å²) in [6.45, 7) is 6.47. The molecular weight excluding hydrogens is 240 g/mol. The van der Waals surface area contributed by atoms with Gasteiger partial charge in [0.15, 0.2) is 0 Å². The maximum Gasteiger partial charge on any atom is 0.104 e. The lowest BCUT2D eigenvalue weighted by molar-refractivity contribution is 0.0742. The Kier molecular flexibility index (Phi) is 11.5. The van der Waals surface area contributed by atoms with Crippen LogP contribution in [0.3, 0.4) is 0 Å². The van der Waals surface area contributed by atoms with Gasteiger partial charge in [-0.2, -0.15) is 0 Å². The van der Waals surface area contributed by atoms with Crippen LogP contribution in [-0.2, 0) is 14.2 Å². The van der Waals surface area contributed by atoms with E-state index >= 15 is 0 Å². The maximum atomic E-state index is 5.59. The lowest BCUT2D eigenvalue weighted by Gasteiger charge is -2.05. The van der Waals surface area contributed by atoms with Crippen molar-refractivity contribution in [3.8, 4) is 0 Å². The van der Waals surface area contributed by atoms with Crippen molar-refractivity contribution in [2.75, 3.05) is 33.0 Å². The third-order valence-corrected chi connectivity index (χ3v) is 3.43. The summed E-state index contributed by atoms with van der Waals surface area (Å²) >= 11 is 0. The minimum absolute atomic E-state index is 0.387. The predicted molar refractivity (Wildman–Crippen MR) is 78.6 cm³/mol. The van der Waals surface area contributed by atoms with Crippen LogP contribution in [0.5, 0.6) is 0 Å². The van der Waals surface area contributed by atoms with Crippen LogP contribution in [-0.4, -0.2) is 39.1 Å². The van der Waals surface area contributed by atoms with Crippen molar-refractivity contribution in [2.45, 2.75) is 70.8 Å². The second-order valence-corrected chi connectivity index (χ2v) is 5.47. The number of rotatable bonds is 15. The van der Waals surface area contributed by atoms with Crippen LogP contribution in [0.4, 0.5) is 0 Å². The van der Waals surface area contributed by atoms with E-state index < -0.39 is 0 Å². The minimum atomic E-state index is 0.387. The summed E-state index contributed by atoms with van der Waals surface area (Å²) in [4.78, 5) is 0. The molecule has 3 heteroatoms. The molecule has 0 aliphatic carbocycles. The van der Waals surface area contributed by atoms with E-state index in [1.54, 1.807) is 0 Å². The Morgan fingerprint density at radius 1 is 0.789 bits per heavy atom. The Hall–Kier alpha value is -0.120. The van der Waals surface area contributed by atoms with Gasteiger partial charge in [-0.15, -0.1) is 0 Å². The Balaban J connectivity index is 1.60. The van der Waals surface area contributed by atoms with E-state index in [1.165, 1.54) is 51.4 Å². The molecule has 0 aromatic carbocycles. The van der Waals surface area contributed by atoms with Crippen LogP contribution < -0.4 is 0 Å². The van der Waals surface area contributed by atoms with Crippen LogP contribution in [0.2, 0.25) is 0 Å². The first-order valence-corrected chi connectivity index (χ1v) is 8.20. The number of hydrogen-bond donors (Lipinski definition) is 0. The van der Waals surface area contributed by atoms with E-state index in [4.69, 9.17) is 14.2 Å². The molecule has 1 aliphatic heterocycles. The molecule has 1 unspecified atom stereocenters. The lowest BCUT2D eigenvalue weighted by atomic mass is 10.1. The van der Waals surface area contributed by atoms with Crippen LogP contribution >= 0.6 is 0 Å². The molecule has 1 saturated heterocycles. The summed E-state index contributed by atoms with van der Waals surface area (Å²) in [6.07, 6.45) is 12.3. The van der Waals surface area contributed by atoms with Gasteiger partial charge in [-0.3, -0.25) is 0 Å². The molecular formula is C16H32O3. The fourth-order valence-corrected chi connectivity index (χ4v) is 2.08. The van der Waals surface area contributed by atoms with E-state index in [2.05, 4.69) is 6.92 Å². The summed E-state index contributed by atoms with van der Waals surface area (Å²) in [5, 5.41) is 0.